The van der Waals surface area contributed by atoms with Crippen molar-refractivity contribution in [2.24, 2.45) is 17.7 Å². The minimum absolute atomic E-state index is 0.136. The van der Waals surface area contributed by atoms with E-state index in [-0.39, 0.29) is 17.6 Å². The Bertz CT molecular complexity index is 444. The van der Waals surface area contributed by atoms with Crippen LogP contribution in [-0.2, 0) is 0 Å². The summed E-state index contributed by atoms with van der Waals surface area (Å²) in [5, 5.41) is 0. The van der Waals surface area contributed by atoms with Gasteiger partial charge in [0.15, 0.2) is 11.6 Å². The van der Waals surface area contributed by atoms with Gasteiger partial charge >= 0.3 is 0 Å². The van der Waals surface area contributed by atoms with Gasteiger partial charge in [0.05, 0.1) is 13.2 Å². The summed E-state index contributed by atoms with van der Waals surface area (Å²) in [5.41, 5.74) is 3.45. The van der Waals surface area contributed by atoms with E-state index in [1.165, 1.54) is 32.8 Å². The van der Waals surface area contributed by atoms with Gasteiger partial charge in [-0.3, -0.25) is 11.3 Å². The third-order valence-corrected chi connectivity index (χ3v) is 4.79. The van der Waals surface area contributed by atoms with Crippen LogP contribution in [0.4, 0.5) is 4.39 Å². The standard InChI is InChI=1S/C17H27FN2O/c1-3-5-12-8-10-13(11-9-12)17(20-19)14-6-4-7-15(21-2)16(14)18/h4,6-7,12-13,17,20H,3,5,8-11,19H2,1-2H3. The molecule has 1 atom stereocenters. The van der Waals surface area contributed by atoms with Crippen LogP contribution < -0.4 is 16.0 Å². The second-order valence-corrected chi connectivity index (χ2v) is 6.08. The Hall–Kier alpha value is -1.13. The number of ether oxygens (including phenoxy) is 1. The highest BCUT2D eigenvalue weighted by molar-refractivity contribution is 5.33. The molecule has 1 aromatic carbocycles. The predicted molar refractivity (Wildman–Crippen MR) is 83.4 cm³/mol. The van der Waals surface area contributed by atoms with Crippen molar-refractivity contribution in [1.29, 1.82) is 0 Å². The number of halogens is 1. The van der Waals surface area contributed by atoms with E-state index in [1.807, 2.05) is 6.07 Å². The lowest BCUT2D eigenvalue weighted by molar-refractivity contribution is 0.212. The first-order valence-electron chi connectivity index (χ1n) is 7.99. The van der Waals surface area contributed by atoms with Crippen molar-refractivity contribution in [3.05, 3.63) is 29.6 Å². The monoisotopic (exact) mass is 294 g/mol. The maximum Gasteiger partial charge on any atom is 0.169 e. The van der Waals surface area contributed by atoms with Crippen molar-refractivity contribution in [3.63, 3.8) is 0 Å². The Morgan fingerprint density at radius 3 is 2.62 bits per heavy atom. The smallest absolute Gasteiger partial charge is 0.169 e. The molecule has 0 bridgehead atoms. The molecule has 1 saturated carbocycles. The van der Waals surface area contributed by atoms with Crippen LogP contribution in [0.15, 0.2) is 18.2 Å². The summed E-state index contributed by atoms with van der Waals surface area (Å²) in [6, 6.07) is 5.14. The summed E-state index contributed by atoms with van der Waals surface area (Å²) in [5.74, 6) is 6.95. The molecule has 118 valence electrons. The van der Waals surface area contributed by atoms with E-state index in [4.69, 9.17) is 10.6 Å². The largest absolute Gasteiger partial charge is 0.494 e. The summed E-state index contributed by atoms with van der Waals surface area (Å²) in [6.07, 6.45) is 7.22. The first-order valence-corrected chi connectivity index (χ1v) is 7.99. The maximum absolute atomic E-state index is 14.4. The average Bonchev–Trinajstić information content (AvgIpc) is 2.51. The Kier molecular flexibility index (Phi) is 6.00. The van der Waals surface area contributed by atoms with Crippen molar-refractivity contribution in [1.82, 2.24) is 5.43 Å². The maximum atomic E-state index is 14.4. The zero-order valence-electron chi connectivity index (χ0n) is 13.1. The molecular weight excluding hydrogens is 267 g/mol. The second kappa shape index (κ2) is 7.76. The molecule has 1 unspecified atom stereocenters. The summed E-state index contributed by atoms with van der Waals surface area (Å²) in [7, 11) is 1.49. The topological polar surface area (TPSA) is 47.3 Å². The predicted octanol–water partition coefficient (Wildman–Crippen LogP) is 3.95. The number of hydrazine groups is 1. The molecule has 21 heavy (non-hydrogen) atoms. The number of methoxy groups -OCH3 is 1. The second-order valence-electron chi connectivity index (χ2n) is 6.08. The summed E-state index contributed by atoms with van der Waals surface area (Å²) >= 11 is 0. The Morgan fingerprint density at radius 1 is 1.33 bits per heavy atom. The highest BCUT2D eigenvalue weighted by Crippen LogP contribution is 2.39. The lowest BCUT2D eigenvalue weighted by atomic mass is 9.75. The van der Waals surface area contributed by atoms with E-state index in [9.17, 15) is 4.39 Å². The highest BCUT2D eigenvalue weighted by atomic mass is 19.1. The molecule has 3 N–H and O–H groups in total. The van der Waals surface area contributed by atoms with Crippen molar-refractivity contribution in [3.8, 4) is 5.75 Å². The summed E-state index contributed by atoms with van der Waals surface area (Å²) in [4.78, 5) is 0. The van der Waals surface area contributed by atoms with Crippen molar-refractivity contribution >= 4 is 0 Å². The number of rotatable bonds is 6. The van der Waals surface area contributed by atoms with Gasteiger partial charge in [0.25, 0.3) is 0 Å². The van der Waals surface area contributed by atoms with Gasteiger partial charge < -0.3 is 4.74 Å². The van der Waals surface area contributed by atoms with E-state index >= 15 is 0 Å². The molecule has 0 aromatic heterocycles. The van der Waals surface area contributed by atoms with Crippen LogP contribution in [0.3, 0.4) is 0 Å². The van der Waals surface area contributed by atoms with E-state index in [0.717, 1.165) is 18.8 Å². The quantitative estimate of drug-likeness (QED) is 0.617. The zero-order valence-corrected chi connectivity index (χ0v) is 13.1. The third kappa shape index (κ3) is 3.74. The number of nitrogens with two attached hydrogens (primary N) is 1. The molecular formula is C17H27FN2O. The van der Waals surface area contributed by atoms with Gasteiger partial charge in [-0.1, -0.05) is 44.7 Å². The number of nitrogens with one attached hydrogen (secondary N) is 1. The molecule has 4 heteroatoms. The van der Waals surface area contributed by atoms with Crippen LogP contribution in [0, 0.1) is 17.7 Å². The number of hydrogen-bond acceptors (Lipinski definition) is 3. The van der Waals surface area contributed by atoms with Crippen LogP contribution >= 0.6 is 0 Å². The number of benzene rings is 1. The summed E-state index contributed by atoms with van der Waals surface area (Å²) in [6.45, 7) is 2.24. The van der Waals surface area contributed by atoms with Gasteiger partial charge in [-0.15, -0.1) is 0 Å². The fourth-order valence-electron chi connectivity index (χ4n) is 3.62. The molecule has 1 aromatic rings. The van der Waals surface area contributed by atoms with E-state index in [0.29, 0.717) is 11.5 Å². The molecule has 0 heterocycles. The Labute approximate surface area is 127 Å². The van der Waals surface area contributed by atoms with Crippen molar-refractivity contribution < 1.29 is 9.13 Å². The number of hydrogen-bond donors (Lipinski definition) is 2. The molecule has 0 amide bonds. The van der Waals surface area contributed by atoms with Crippen LogP contribution in [0.5, 0.6) is 5.75 Å². The molecule has 0 aliphatic heterocycles. The minimum Gasteiger partial charge on any atom is -0.494 e. The van der Waals surface area contributed by atoms with Crippen LogP contribution in [0.1, 0.15) is 57.1 Å². The molecule has 0 radical (unpaired) electrons. The first kappa shape index (κ1) is 16.2. The normalized spacial score (nSPS) is 23.8. The SMILES string of the molecule is CCCC1CCC(C(NN)c2cccc(OC)c2F)CC1. The Balaban J connectivity index is 2.10. The molecule has 0 spiro atoms. The molecule has 3 nitrogen and oxygen atoms in total. The molecule has 2 rings (SSSR count). The van der Waals surface area contributed by atoms with Gasteiger partial charge in [0.2, 0.25) is 0 Å². The van der Waals surface area contributed by atoms with Crippen molar-refractivity contribution in [2.75, 3.05) is 7.11 Å². The molecule has 1 aliphatic rings. The first-order chi connectivity index (χ1) is 10.2. The van der Waals surface area contributed by atoms with Gasteiger partial charge in [-0.05, 0) is 30.7 Å². The average molecular weight is 294 g/mol. The fourth-order valence-corrected chi connectivity index (χ4v) is 3.62. The van der Waals surface area contributed by atoms with E-state index in [2.05, 4.69) is 12.3 Å². The highest BCUT2D eigenvalue weighted by Gasteiger charge is 2.29. The third-order valence-electron chi connectivity index (χ3n) is 4.79. The van der Waals surface area contributed by atoms with Crippen LogP contribution in [0.25, 0.3) is 0 Å². The fraction of sp³-hybridized carbons (Fsp3) is 0.647. The van der Waals surface area contributed by atoms with Gasteiger partial charge in [0.1, 0.15) is 0 Å². The molecule has 1 fully saturated rings. The van der Waals surface area contributed by atoms with Gasteiger partial charge in [0, 0.05) is 5.56 Å². The van der Waals surface area contributed by atoms with Gasteiger partial charge in [-0.25, -0.2) is 4.39 Å². The zero-order chi connectivity index (χ0) is 15.2. The van der Waals surface area contributed by atoms with E-state index in [1.54, 1.807) is 12.1 Å². The van der Waals surface area contributed by atoms with Crippen LogP contribution in [-0.4, -0.2) is 7.11 Å². The summed E-state index contributed by atoms with van der Waals surface area (Å²) < 4.78 is 19.5. The lowest BCUT2D eigenvalue weighted by Gasteiger charge is -2.34. The molecule has 0 saturated heterocycles. The van der Waals surface area contributed by atoms with Gasteiger partial charge in [-0.2, -0.15) is 0 Å². The molecule has 1 aliphatic carbocycles. The van der Waals surface area contributed by atoms with Crippen molar-refractivity contribution in [2.45, 2.75) is 51.5 Å². The minimum atomic E-state index is -0.293. The van der Waals surface area contributed by atoms with Crippen LogP contribution in [0.2, 0.25) is 0 Å². The lowest BCUT2D eigenvalue weighted by Crippen LogP contribution is -2.36. The van der Waals surface area contributed by atoms with E-state index < -0.39 is 0 Å². The Morgan fingerprint density at radius 2 is 2.05 bits per heavy atom.